The van der Waals surface area contributed by atoms with Crippen molar-refractivity contribution in [2.75, 3.05) is 6.61 Å². The first-order valence-electron chi connectivity index (χ1n) is 6.97. The van der Waals surface area contributed by atoms with Crippen LogP contribution in [0.4, 0.5) is 13.2 Å². The Morgan fingerprint density at radius 2 is 1.73 bits per heavy atom. The lowest BCUT2D eigenvalue weighted by atomic mass is 9.82. The smallest absolute Gasteiger partial charge is 0.296 e. The molecular formula is C15H23F3NO2S+. The summed E-state index contributed by atoms with van der Waals surface area (Å²) in [5.74, 6) is -4.46. The second kappa shape index (κ2) is 6.78. The van der Waals surface area contributed by atoms with Gasteiger partial charge in [-0.05, 0) is 33.3 Å². The first kappa shape index (κ1) is 19.3. The lowest BCUT2D eigenvalue weighted by molar-refractivity contribution is -0.123. The van der Waals surface area contributed by atoms with E-state index in [1.807, 2.05) is 0 Å². The average molecular weight is 338 g/mol. The van der Waals surface area contributed by atoms with Gasteiger partial charge in [0.1, 0.15) is 12.4 Å². The minimum atomic E-state index is -3.65. The second-order valence-corrected chi connectivity index (χ2v) is 8.10. The normalized spacial score (nSPS) is 17.1. The molecule has 0 aliphatic rings. The molecule has 0 heterocycles. The highest BCUT2D eigenvalue weighted by Gasteiger charge is 2.59. The van der Waals surface area contributed by atoms with Crippen molar-refractivity contribution in [3.63, 3.8) is 0 Å². The van der Waals surface area contributed by atoms with Gasteiger partial charge in [-0.25, -0.2) is 13.2 Å². The summed E-state index contributed by atoms with van der Waals surface area (Å²) < 4.78 is 55.2. The Morgan fingerprint density at radius 1 is 1.18 bits per heavy atom. The summed E-state index contributed by atoms with van der Waals surface area (Å²) in [4.78, 5) is 0. The van der Waals surface area contributed by atoms with Gasteiger partial charge in [-0.2, -0.15) is 4.55 Å². The quantitative estimate of drug-likeness (QED) is 0.696. The van der Waals surface area contributed by atoms with Gasteiger partial charge < -0.3 is 5.11 Å². The number of benzene rings is 1. The van der Waals surface area contributed by atoms with Gasteiger partial charge >= 0.3 is 0 Å². The van der Waals surface area contributed by atoms with Gasteiger partial charge in [0.05, 0.1) is 0 Å². The van der Waals surface area contributed by atoms with Crippen LogP contribution in [0.5, 0.6) is 0 Å². The zero-order valence-corrected chi connectivity index (χ0v) is 14.0. The van der Waals surface area contributed by atoms with Gasteiger partial charge in [0.25, 0.3) is 5.92 Å². The molecule has 0 fully saturated rings. The number of rotatable bonds is 6. The lowest BCUT2D eigenvalue weighted by Gasteiger charge is -2.38. The van der Waals surface area contributed by atoms with Gasteiger partial charge in [0, 0.05) is 5.56 Å². The lowest BCUT2D eigenvalue weighted by Crippen LogP contribution is -2.61. The van der Waals surface area contributed by atoms with Crippen LogP contribution in [0.2, 0.25) is 0 Å². The highest BCUT2D eigenvalue weighted by atomic mass is 32.2. The molecule has 1 aromatic carbocycles. The van der Waals surface area contributed by atoms with E-state index in [2.05, 4.69) is 4.72 Å². The van der Waals surface area contributed by atoms with E-state index < -0.39 is 40.0 Å². The molecule has 0 radical (unpaired) electrons. The number of hydrogen-bond donors (Lipinski definition) is 3. The summed E-state index contributed by atoms with van der Waals surface area (Å²) in [5.41, 5.74) is -2.47. The van der Waals surface area contributed by atoms with E-state index in [0.29, 0.717) is 0 Å². The van der Waals surface area contributed by atoms with E-state index in [1.54, 1.807) is 20.8 Å². The fourth-order valence-electron chi connectivity index (χ4n) is 2.11. The predicted octanol–water partition coefficient (Wildman–Crippen LogP) is 3.45. The molecule has 1 rings (SSSR count). The van der Waals surface area contributed by atoms with E-state index in [4.69, 9.17) is 5.11 Å². The van der Waals surface area contributed by atoms with Crippen molar-refractivity contribution in [3.05, 3.63) is 35.6 Å². The van der Waals surface area contributed by atoms with Crippen LogP contribution in [0, 0.1) is 5.82 Å². The molecule has 0 amide bonds. The largest absolute Gasteiger partial charge is 0.390 e. The summed E-state index contributed by atoms with van der Waals surface area (Å²) in [7, 11) is 0. The fraction of sp³-hybridized carbons (Fsp3) is 0.600. The average Bonchev–Trinajstić information content (AvgIpc) is 2.44. The topological polar surface area (TPSA) is 52.5 Å². The minimum absolute atomic E-state index is 0.207. The monoisotopic (exact) mass is 338 g/mol. The molecule has 0 aromatic heterocycles. The van der Waals surface area contributed by atoms with Crippen molar-refractivity contribution in [1.29, 1.82) is 0 Å². The van der Waals surface area contributed by atoms with Crippen LogP contribution in [-0.4, -0.2) is 26.9 Å². The fourth-order valence-corrected chi connectivity index (χ4v) is 3.15. The molecule has 1 unspecified atom stereocenters. The van der Waals surface area contributed by atoms with E-state index in [1.165, 1.54) is 25.1 Å². The highest BCUT2D eigenvalue weighted by molar-refractivity contribution is 7.90. The Balaban J connectivity index is 3.48. The Hall–Kier alpha value is -0.760. The highest BCUT2D eigenvalue weighted by Crippen LogP contribution is 2.42. The first-order chi connectivity index (χ1) is 10.0. The molecule has 2 atom stereocenters. The van der Waals surface area contributed by atoms with Crippen molar-refractivity contribution < 1.29 is 22.8 Å². The SMILES string of the molecule is CC[C@@](N[S+](O)C(C)(C)C)(c1ccccc1F)C(F)(F)CO. The molecule has 3 nitrogen and oxygen atoms in total. The molecule has 7 heteroatoms. The van der Waals surface area contributed by atoms with Crippen LogP contribution >= 0.6 is 0 Å². The Labute approximate surface area is 132 Å². The Kier molecular flexibility index (Phi) is 5.94. The summed E-state index contributed by atoms with van der Waals surface area (Å²) in [6.45, 7) is 5.05. The number of aliphatic hydroxyl groups is 1. The third-order valence-electron chi connectivity index (χ3n) is 3.54. The number of hydrogen-bond acceptors (Lipinski definition) is 3. The zero-order chi connectivity index (χ0) is 17.2. The van der Waals surface area contributed by atoms with E-state index >= 15 is 0 Å². The number of alkyl halides is 2. The Bertz CT molecular complexity index is 508. The number of halogens is 3. The van der Waals surface area contributed by atoms with Gasteiger partial charge in [-0.15, -0.1) is 0 Å². The summed E-state index contributed by atoms with van der Waals surface area (Å²) >= 11 is -1.62. The molecular weight excluding hydrogens is 315 g/mol. The van der Waals surface area contributed by atoms with Crippen LogP contribution in [0.25, 0.3) is 0 Å². The summed E-state index contributed by atoms with van der Waals surface area (Å²) in [6.07, 6.45) is -0.207. The van der Waals surface area contributed by atoms with Gasteiger partial charge in [-0.1, -0.05) is 29.8 Å². The minimum Gasteiger partial charge on any atom is -0.390 e. The van der Waals surface area contributed by atoms with Crippen LogP contribution in [-0.2, 0) is 16.9 Å². The molecule has 0 aliphatic heterocycles. The molecule has 0 spiro atoms. The van der Waals surface area contributed by atoms with Crippen molar-refractivity contribution in [1.82, 2.24) is 4.72 Å². The van der Waals surface area contributed by atoms with Crippen LogP contribution in [0.1, 0.15) is 39.7 Å². The van der Waals surface area contributed by atoms with E-state index in [-0.39, 0.29) is 12.0 Å². The molecule has 22 heavy (non-hydrogen) atoms. The molecule has 0 bridgehead atoms. The van der Waals surface area contributed by atoms with Crippen molar-refractivity contribution in [2.45, 2.75) is 50.3 Å². The molecule has 1 aromatic rings. The number of aliphatic hydroxyl groups excluding tert-OH is 1. The van der Waals surface area contributed by atoms with E-state index in [9.17, 15) is 17.7 Å². The second-order valence-electron chi connectivity index (χ2n) is 6.10. The summed E-state index contributed by atoms with van der Waals surface area (Å²) in [6, 6.07) is 5.18. The third-order valence-corrected chi connectivity index (χ3v) is 5.24. The Morgan fingerprint density at radius 3 is 2.14 bits per heavy atom. The first-order valence-corrected chi connectivity index (χ1v) is 8.15. The maximum absolute atomic E-state index is 14.5. The maximum Gasteiger partial charge on any atom is 0.296 e. The molecule has 3 N–H and O–H groups in total. The van der Waals surface area contributed by atoms with Crippen LogP contribution < -0.4 is 4.72 Å². The molecule has 0 saturated heterocycles. The van der Waals surface area contributed by atoms with Crippen LogP contribution in [0.3, 0.4) is 0 Å². The van der Waals surface area contributed by atoms with Crippen molar-refractivity contribution in [3.8, 4) is 0 Å². The van der Waals surface area contributed by atoms with Gasteiger partial charge in [0.15, 0.2) is 10.3 Å². The molecule has 0 saturated carbocycles. The van der Waals surface area contributed by atoms with Crippen molar-refractivity contribution in [2.24, 2.45) is 0 Å². The molecule has 126 valence electrons. The van der Waals surface area contributed by atoms with Gasteiger partial charge in [0.2, 0.25) is 11.4 Å². The number of nitrogens with one attached hydrogen (secondary N) is 1. The van der Waals surface area contributed by atoms with E-state index in [0.717, 1.165) is 6.07 Å². The maximum atomic E-state index is 14.5. The zero-order valence-electron chi connectivity index (χ0n) is 13.2. The summed E-state index contributed by atoms with van der Waals surface area (Å²) in [5, 5.41) is 9.14. The van der Waals surface area contributed by atoms with Crippen LogP contribution in [0.15, 0.2) is 24.3 Å². The predicted molar refractivity (Wildman–Crippen MR) is 83.3 cm³/mol. The third kappa shape index (κ3) is 3.59. The van der Waals surface area contributed by atoms with Crippen molar-refractivity contribution >= 4 is 11.4 Å². The molecule has 0 aliphatic carbocycles. The van der Waals surface area contributed by atoms with Gasteiger partial charge in [-0.3, -0.25) is 0 Å². The standard InChI is InChI=1S/C15H23F3NO2S/c1-5-14(15(17,18)10-20,19-22(21)13(2,3)4)11-8-6-7-9-12(11)16/h6-9,19-21H,5,10H2,1-4H3/q+1/t14-,22?/m1/s1.